The number of nitrogens with one attached hydrogen (secondary N) is 2. The highest BCUT2D eigenvalue weighted by molar-refractivity contribution is 6.39. The number of ether oxygens (including phenoxy) is 2. The van der Waals surface area contributed by atoms with Gasteiger partial charge in [-0.3, -0.25) is 19.7 Å². The molecule has 0 atom stereocenters. The van der Waals surface area contributed by atoms with E-state index in [0.29, 0.717) is 0 Å². The Morgan fingerprint density at radius 1 is 1.19 bits per heavy atom. The summed E-state index contributed by atoms with van der Waals surface area (Å²) in [5.41, 5.74) is 0.163. The topological polar surface area (TPSA) is 120 Å². The second-order valence-electron chi connectivity index (χ2n) is 3.87. The number of carbonyl (C=O) groups excluding carboxylic acids is 2. The van der Waals surface area contributed by atoms with Gasteiger partial charge < -0.3 is 20.1 Å². The van der Waals surface area contributed by atoms with E-state index in [1.54, 1.807) is 0 Å². The minimum absolute atomic E-state index is 0.0134. The van der Waals surface area contributed by atoms with Gasteiger partial charge in [0.05, 0.1) is 11.5 Å². The van der Waals surface area contributed by atoms with Gasteiger partial charge in [0.25, 0.3) is 5.69 Å². The Labute approximate surface area is 120 Å². The molecule has 2 N–H and O–H groups in total. The zero-order chi connectivity index (χ0) is 15.8. The van der Waals surface area contributed by atoms with Crippen molar-refractivity contribution in [3.63, 3.8) is 0 Å². The maximum atomic E-state index is 11.6. The number of nitro groups is 1. The van der Waals surface area contributed by atoms with Crippen molar-refractivity contribution >= 4 is 23.2 Å². The zero-order valence-corrected chi connectivity index (χ0v) is 11.5. The van der Waals surface area contributed by atoms with Crippen molar-refractivity contribution in [2.24, 2.45) is 0 Å². The van der Waals surface area contributed by atoms with Crippen LogP contribution in [0.3, 0.4) is 0 Å². The largest absolute Gasteiger partial charge is 0.354 e. The molecule has 9 heteroatoms. The Hall–Kier alpha value is -2.52. The Bertz CT molecular complexity index is 512. The summed E-state index contributed by atoms with van der Waals surface area (Å²) in [6, 6.07) is 5.10. The summed E-state index contributed by atoms with van der Waals surface area (Å²) in [7, 11) is 2.80. The van der Waals surface area contributed by atoms with Crippen LogP contribution in [0.1, 0.15) is 0 Å². The first-order valence-corrected chi connectivity index (χ1v) is 5.87. The quantitative estimate of drug-likeness (QED) is 0.336. The van der Waals surface area contributed by atoms with Crippen LogP contribution in [0.15, 0.2) is 24.3 Å². The van der Waals surface area contributed by atoms with E-state index in [1.165, 1.54) is 38.5 Å². The molecule has 21 heavy (non-hydrogen) atoms. The van der Waals surface area contributed by atoms with Gasteiger partial charge in [0, 0.05) is 32.0 Å². The van der Waals surface area contributed by atoms with Crippen molar-refractivity contribution in [2.45, 2.75) is 6.29 Å². The highest BCUT2D eigenvalue weighted by atomic mass is 16.7. The van der Waals surface area contributed by atoms with Crippen LogP contribution in [0.5, 0.6) is 0 Å². The van der Waals surface area contributed by atoms with Gasteiger partial charge in [-0.2, -0.15) is 0 Å². The molecule has 1 rings (SSSR count). The number of hydrogen-bond acceptors (Lipinski definition) is 6. The summed E-state index contributed by atoms with van der Waals surface area (Å²) in [5, 5.41) is 15.1. The SMILES string of the molecule is COC(CNC(=O)C(=O)Nc1ccc([N+](=O)[O-])cc1)OC. The molecule has 9 nitrogen and oxygen atoms in total. The summed E-state index contributed by atoms with van der Waals surface area (Å²) in [5.74, 6) is -1.76. The van der Waals surface area contributed by atoms with Crippen molar-refractivity contribution in [1.29, 1.82) is 0 Å². The Morgan fingerprint density at radius 3 is 2.24 bits per heavy atom. The summed E-state index contributed by atoms with van der Waals surface area (Å²) >= 11 is 0. The third-order valence-corrected chi connectivity index (χ3v) is 2.50. The minimum atomic E-state index is -0.894. The van der Waals surface area contributed by atoms with E-state index in [-0.39, 0.29) is 17.9 Å². The molecule has 0 fully saturated rings. The molecule has 0 spiro atoms. The molecule has 0 heterocycles. The van der Waals surface area contributed by atoms with E-state index < -0.39 is 23.0 Å². The number of nitro benzene ring substituents is 1. The van der Waals surface area contributed by atoms with Crippen LogP contribution in [-0.2, 0) is 19.1 Å². The van der Waals surface area contributed by atoms with Crippen molar-refractivity contribution in [2.75, 3.05) is 26.1 Å². The van der Waals surface area contributed by atoms with Gasteiger partial charge in [-0.15, -0.1) is 0 Å². The van der Waals surface area contributed by atoms with Gasteiger partial charge in [0.1, 0.15) is 0 Å². The Morgan fingerprint density at radius 2 is 1.76 bits per heavy atom. The maximum absolute atomic E-state index is 11.6. The molecule has 114 valence electrons. The van der Waals surface area contributed by atoms with Crippen molar-refractivity contribution in [1.82, 2.24) is 5.32 Å². The monoisotopic (exact) mass is 297 g/mol. The number of anilines is 1. The first kappa shape index (κ1) is 16.5. The Balaban J connectivity index is 2.52. The Kier molecular flexibility index (Phi) is 6.24. The first-order valence-electron chi connectivity index (χ1n) is 5.87. The molecule has 0 aliphatic rings. The number of benzene rings is 1. The third kappa shape index (κ3) is 5.16. The van der Waals surface area contributed by atoms with Crippen molar-refractivity contribution in [3.8, 4) is 0 Å². The van der Waals surface area contributed by atoms with Crippen LogP contribution < -0.4 is 10.6 Å². The highest BCUT2D eigenvalue weighted by Gasteiger charge is 2.16. The molecule has 0 saturated heterocycles. The molecule has 1 aromatic carbocycles. The lowest BCUT2D eigenvalue weighted by atomic mass is 10.3. The first-order chi connectivity index (χ1) is 9.97. The van der Waals surface area contributed by atoms with Crippen LogP contribution in [0.25, 0.3) is 0 Å². The highest BCUT2D eigenvalue weighted by Crippen LogP contribution is 2.15. The van der Waals surface area contributed by atoms with E-state index >= 15 is 0 Å². The molecular formula is C12H15N3O6. The maximum Gasteiger partial charge on any atom is 0.313 e. The van der Waals surface area contributed by atoms with E-state index in [2.05, 4.69) is 10.6 Å². The van der Waals surface area contributed by atoms with Crippen molar-refractivity contribution < 1.29 is 24.0 Å². The van der Waals surface area contributed by atoms with Gasteiger partial charge in [0.15, 0.2) is 6.29 Å². The number of carbonyl (C=O) groups is 2. The standard InChI is InChI=1S/C12H15N3O6/c1-20-10(21-2)7-13-11(16)12(17)14-8-3-5-9(6-4-8)15(18)19/h3-6,10H,7H2,1-2H3,(H,13,16)(H,14,17). The fourth-order valence-corrected chi connectivity index (χ4v) is 1.37. The molecular weight excluding hydrogens is 282 g/mol. The molecule has 0 radical (unpaired) electrons. The van der Waals surface area contributed by atoms with Gasteiger partial charge in [0.2, 0.25) is 0 Å². The molecule has 0 unspecified atom stereocenters. The zero-order valence-electron chi connectivity index (χ0n) is 11.5. The van der Waals surface area contributed by atoms with E-state index in [1.807, 2.05) is 0 Å². The predicted octanol–water partition coefficient (Wildman–Crippen LogP) is 0.268. The number of amides is 2. The number of nitrogens with zero attached hydrogens (tertiary/aromatic N) is 1. The third-order valence-electron chi connectivity index (χ3n) is 2.50. The van der Waals surface area contributed by atoms with E-state index in [0.717, 1.165) is 0 Å². The lowest BCUT2D eigenvalue weighted by Gasteiger charge is -2.13. The van der Waals surface area contributed by atoms with Crippen LogP contribution in [0.2, 0.25) is 0 Å². The van der Waals surface area contributed by atoms with Gasteiger partial charge in [-0.05, 0) is 12.1 Å². The second-order valence-corrected chi connectivity index (χ2v) is 3.87. The number of rotatable bonds is 6. The molecule has 2 amide bonds. The van der Waals surface area contributed by atoms with Crippen LogP contribution in [0, 0.1) is 10.1 Å². The molecule has 0 aliphatic carbocycles. The van der Waals surface area contributed by atoms with E-state index in [4.69, 9.17) is 9.47 Å². The molecule has 0 bridgehead atoms. The smallest absolute Gasteiger partial charge is 0.313 e. The number of non-ortho nitro benzene ring substituents is 1. The van der Waals surface area contributed by atoms with Gasteiger partial charge in [-0.25, -0.2) is 0 Å². The van der Waals surface area contributed by atoms with E-state index in [9.17, 15) is 19.7 Å². The van der Waals surface area contributed by atoms with Crippen molar-refractivity contribution in [3.05, 3.63) is 34.4 Å². The fraction of sp³-hybridized carbons (Fsp3) is 0.333. The van der Waals surface area contributed by atoms with Gasteiger partial charge in [-0.1, -0.05) is 0 Å². The number of hydrogen-bond donors (Lipinski definition) is 2. The van der Waals surface area contributed by atoms with Crippen LogP contribution >= 0.6 is 0 Å². The van der Waals surface area contributed by atoms with Crippen LogP contribution in [0.4, 0.5) is 11.4 Å². The summed E-state index contributed by atoms with van der Waals surface area (Å²) < 4.78 is 9.70. The average molecular weight is 297 g/mol. The predicted molar refractivity (Wildman–Crippen MR) is 72.5 cm³/mol. The summed E-state index contributed by atoms with van der Waals surface area (Å²) in [4.78, 5) is 33.0. The minimum Gasteiger partial charge on any atom is -0.354 e. The molecule has 0 aliphatic heterocycles. The van der Waals surface area contributed by atoms with Gasteiger partial charge >= 0.3 is 11.8 Å². The summed E-state index contributed by atoms with van der Waals surface area (Å²) in [6.45, 7) is 0.0134. The second kappa shape index (κ2) is 7.92. The fourth-order valence-electron chi connectivity index (χ4n) is 1.37. The average Bonchev–Trinajstić information content (AvgIpc) is 2.48. The molecule has 0 saturated carbocycles. The van der Waals surface area contributed by atoms with Crippen LogP contribution in [-0.4, -0.2) is 43.8 Å². The molecule has 0 aromatic heterocycles. The lowest BCUT2D eigenvalue weighted by Crippen LogP contribution is -2.40. The molecule has 1 aromatic rings. The lowest BCUT2D eigenvalue weighted by molar-refractivity contribution is -0.384. The number of methoxy groups -OCH3 is 2. The summed E-state index contributed by atoms with van der Waals surface area (Å²) in [6.07, 6.45) is -0.652. The normalized spacial score (nSPS) is 10.2.